The first-order valence-corrected chi connectivity index (χ1v) is 10.9. The van der Waals surface area contributed by atoms with Crippen LogP contribution >= 0.6 is 11.8 Å². The number of carbonyl (C=O) groups excluding carboxylic acids is 3. The van der Waals surface area contributed by atoms with Gasteiger partial charge in [0.2, 0.25) is 5.96 Å². The fourth-order valence-corrected chi connectivity index (χ4v) is 3.70. The topological polar surface area (TPSA) is 167 Å². The molecule has 0 aliphatic heterocycles. The summed E-state index contributed by atoms with van der Waals surface area (Å²) >= 11 is 1.27. The summed E-state index contributed by atoms with van der Waals surface area (Å²) in [5.74, 6) is -1.59. The van der Waals surface area contributed by atoms with Crippen molar-refractivity contribution in [3.63, 3.8) is 0 Å². The molecule has 0 unspecified atom stereocenters. The molecule has 1 heterocycles. The number of H-pyrrole nitrogens is 1. The van der Waals surface area contributed by atoms with Gasteiger partial charge in [-0.1, -0.05) is 43.3 Å². The molecule has 3 aromatic rings. The van der Waals surface area contributed by atoms with Gasteiger partial charge in [-0.2, -0.15) is 4.99 Å². The Morgan fingerprint density at radius 3 is 2.12 bits per heavy atom. The van der Waals surface area contributed by atoms with E-state index >= 15 is 0 Å². The Labute approximate surface area is 194 Å². The third-order valence-corrected chi connectivity index (χ3v) is 5.20. The summed E-state index contributed by atoms with van der Waals surface area (Å²) in [7, 11) is 0. The van der Waals surface area contributed by atoms with E-state index in [4.69, 9.17) is 11.5 Å². The summed E-state index contributed by atoms with van der Waals surface area (Å²) in [4.78, 5) is 44.2. The molecule has 11 heteroatoms. The number of para-hydroxylation sites is 1. The molecule has 0 bridgehead atoms. The molecule has 0 fully saturated rings. The first-order valence-electron chi connectivity index (χ1n) is 9.91. The van der Waals surface area contributed by atoms with Gasteiger partial charge in [0.1, 0.15) is 5.82 Å². The number of anilines is 1. The van der Waals surface area contributed by atoms with Crippen LogP contribution in [0.25, 0.3) is 0 Å². The monoisotopic (exact) mass is 465 g/mol. The Bertz CT molecular complexity index is 1180. The van der Waals surface area contributed by atoms with Crippen molar-refractivity contribution in [3.05, 3.63) is 77.4 Å². The lowest BCUT2D eigenvalue weighted by Gasteiger charge is -2.13. The highest BCUT2D eigenvalue weighted by molar-refractivity contribution is 7.99. The van der Waals surface area contributed by atoms with Gasteiger partial charge < -0.3 is 16.5 Å². The zero-order valence-electron chi connectivity index (χ0n) is 17.7. The number of nitrogens with zero attached hydrogens (tertiary/aromatic N) is 1. The van der Waals surface area contributed by atoms with Crippen molar-refractivity contribution >= 4 is 46.9 Å². The number of aromatic nitrogens is 1. The number of hydrogen-bond acceptors (Lipinski definition) is 6. The van der Waals surface area contributed by atoms with Crippen LogP contribution in [0.4, 0.5) is 11.5 Å². The van der Waals surface area contributed by atoms with Crippen LogP contribution in [0, 0.1) is 0 Å². The van der Waals surface area contributed by atoms with E-state index in [0.717, 1.165) is 0 Å². The summed E-state index contributed by atoms with van der Waals surface area (Å²) in [6, 6.07) is 17.6. The molecule has 0 radical (unpaired) electrons. The number of hydrazine groups is 1. The molecular weight excluding hydrogens is 442 g/mol. The van der Waals surface area contributed by atoms with Crippen LogP contribution in [-0.4, -0.2) is 34.4 Å². The highest BCUT2D eigenvalue weighted by Crippen LogP contribution is 2.31. The smallest absolute Gasteiger partial charge is 0.258 e. The van der Waals surface area contributed by atoms with E-state index in [2.05, 4.69) is 26.1 Å². The van der Waals surface area contributed by atoms with Gasteiger partial charge in [-0.25, -0.2) is 0 Å². The maximum absolute atomic E-state index is 12.7. The second-order valence-electron chi connectivity index (χ2n) is 6.61. The molecule has 0 saturated carbocycles. The van der Waals surface area contributed by atoms with E-state index < -0.39 is 17.7 Å². The number of thioether (sulfide) groups is 1. The van der Waals surface area contributed by atoms with Crippen LogP contribution < -0.4 is 27.6 Å². The molecule has 10 nitrogen and oxygen atoms in total. The van der Waals surface area contributed by atoms with Crippen LogP contribution in [0.3, 0.4) is 0 Å². The molecule has 8 N–H and O–H groups in total. The first kappa shape index (κ1) is 23.4. The molecule has 2 aromatic carbocycles. The van der Waals surface area contributed by atoms with E-state index in [1.807, 2.05) is 25.1 Å². The van der Waals surface area contributed by atoms with Crippen LogP contribution in [0.15, 0.2) is 70.7 Å². The van der Waals surface area contributed by atoms with Crippen LogP contribution in [-0.2, 0) is 0 Å². The normalized spacial score (nSPS) is 11.0. The second-order valence-corrected chi connectivity index (χ2v) is 7.89. The number of amides is 3. The summed E-state index contributed by atoms with van der Waals surface area (Å²) in [5.41, 5.74) is 17.6. The molecule has 170 valence electrons. The van der Waals surface area contributed by atoms with Crippen LogP contribution in [0.5, 0.6) is 0 Å². The lowest BCUT2D eigenvalue weighted by Crippen LogP contribution is -2.43. The van der Waals surface area contributed by atoms with E-state index in [9.17, 15) is 14.4 Å². The zero-order chi connectivity index (χ0) is 23.8. The maximum Gasteiger partial charge on any atom is 0.258 e. The minimum Gasteiger partial charge on any atom is -0.365 e. The number of nitrogens with two attached hydrogens (primary N) is 2. The summed E-state index contributed by atoms with van der Waals surface area (Å²) in [6.45, 7) is 1.88. The number of benzene rings is 2. The molecule has 0 atom stereocenters. The van der Waals surface area contributed by atoms with Crippen molar-refractivity contribution in [1.82, 2.24) is 15.7 Å². The molecule has 0 aliphatic rings. The Kier molecular flexibility index (Phi) is 7.71. The summed E-state index contributed by atoms with van der Waals surface area (Å²) in [6.07, 6.45) is 0. The van der Waals surface area contributed by atoms with Crippen molar-refractivity contribution in [2.24, 2.45) is 16.5 Å². The van der Waals surface area contributed by atoms with Gasteiger partial charge >= 0.3 is 0 Å². The number of rotatable bonds is 8. The fourth-order valence-electron chi connectivity index (χ4n) is 2.90. The van der Waals surface area contributed by atoms with Gasteiger partial charge in [0.25, 0.3) is 17.7 Å². The molecule has 1 aromatic heterocycles. The lowest BCUT2D eigenvalue weighted by atomic mass is 10.1. The predicted molar refractivity (Wildman–Crippen MR) is 128 cm³/mol. The Balaban J connectivity index is 2.02. The summed E-state index contributed by atoms with van der Waals surface area (Å²) < 4.78 is 0. The van der Waals surface area contributed by atoms with E-state index in [1.54, 1.807) is 42.5 Å². The van der Waals surface area contributed by atoms with Crippen molar-refractivity contribution in [2.75, 3.05) is 11.2 Å². The van der Waals surface area contributed by atoms with Gasteiger partial charge in [-0.15, -0.1) is 11.8 Å². The maximum atomic E-state index is 12.7. The standard InChI is InChI=1S/C22H23N7O3S/c1-2-33-21-16(18(24)31)15(17(23)30)19(25-21)26-22(29-28-14-11-7-4-8-12-14)27-20(32)13-9-5-3-6-10-13/h3-12,25,28H,2H2,1H3,(H2,23,30)(H2,24,31)(H2,26,27,29,32). The Hall–Kier alpha value is -4.25. The van der Waals surface area contributed by atoms with Crippen molar-refractivity contribution in [1.29, 1.82) is 0 Å². The van der Waals surface area contributed by atoms with Gasteiger partial charge in [-0.05, 0) is 30.0 Å². The summed E-state index contributed by atoms with van der Waals surface area (Å²) in [5, 5.41) is 3.01. The number of aromatic amines is 1. The fraction of sp³-hybridized carbons (Fsp3) is 0.0909. The Morgan fingerprint density at radius 2 is 1.55 bits per heavy atom. The molecule has 33 heavy (non-hydrogen) atoms. The molecule has 0 aliphatic carbocycles. The van der Waals surface area contributed by atoms with Crippen molar-refractivity contribution in [3.8, 4) is 0 Å². The van der Waals surface area contributed by atoms with Crippen LogP contribution in [0.1, 0.15) is 38.0 Å². The van der Waals surface area contributed by atoms with E-state index in [1.165, 1.54) is 11.8 Å². The molecule has 0 spiro atoms. The SMILES string of the molecule is CCSc1[nH]c(/N=C(\NNc2ccccc2)NC(=O)c2ccccc2)c(C(N)=O)c1C(N)=O. The number of hydrogen-bond donors (Lipinski definition) is 6. The van der Waals surface area contributed by atoms with E-state index in [-0.39, 0.29) is 22.9 Å². The Morgan fingerprint density at radius 1 is 0.939 bits per heavy atom. The number of nitrogens with one attached hydrogen (secondary N) is 4. The number of guanidine groups is 1. The first-order chi connectivity index (χ1) is 15.9. The highest BCUT2D eigenvalue weighted by atomic mass is 32.2. The minimum atomic E-state index is -0.883. The lowest BCUT2D eigenvalue weighted by molar-refractivity contribution is 0.0966. The average molecular weight is 466 g/mol. The molecule has 0 saturated heterocycles. The van der Waals surface area contributed by atoms with Gasteiger partial charge in [0, 0.05) is 5.56 Å². The second kappa shape index (κ2) is 10.9. The van der Waals surface area contributed by atoms with Crippen molar-refractivity contribution in [2.45, 2.75) is 11.9 Å². The third kappa shape index (κ3) is 5.92. The van der Waals surface area contributed by atoms with Gasteiger partial charge in [0.15, 0.2) is 0 Å². The predicted octanol–water partition coefficient (Wildman–Crippen LogP) is 2.36. The van der Waals surface area contributed by atoms with Gasteiger partial charge in [-0.3, -0.25) is 30.6 Å². The average Bonchev–Trinajstić information content (AvgIpc) is 3.17. The third-order valence-electron chi connectivity index (χ3n) is 4.32. The van der Waals surface area contributed by atoms with Crippen molar-refractivity contribution < 1.29 is 14.4 Å². The van der Waals surface area contributed by atoms with Crippen LogP contribution in [0.2, 0.25) is 0 Å². The number of carbonyl (C=O) groups is 3. The van der Waals surface area contributed by atoms with E-state index in [0.29, 0.717) is 22.0 Å². The zero-order valence-corrected chi connectivity index (χ0v) is 18.5. The quantitative estimate of drug-likeness (QED) is 0.129. The highest BCUT2D eigenvalue weighted by Gasteiger charge is 2.26. The minimum absolute atomic E-state index is 0.0158. The van der Waals surface area contributed by atoms with Gasteiger partial charge in [0.05, 0.1) is 21.8 Å². The molecule has 3 rings (SSSR count). The number of primary amides is 2. The largest absolute Gasteiger partial charge is 0.365 e. The molecular formula is C22H23N7O3S. The number of aliphatic imine (C=N–C) groups is 1. The molecule has 3 amide bonds.